The van der Waals surface area contributed by atoms with Crippen molar-refractivity contribution >= 4 is 11.6 Å². The molecule has 0 amide bonds. The summed E-state index contributed by atoms with van der Waals surface area (Å²) in [5.41, 5.74) is 0.793. The van der Waals surface area contributed by atoms with E-state index >= 15 is 0 Å². The lowest BCUT2D eigenvalue weighted by Crippen LogP contribution is -2.07. The van der Waals surface area contributed by atoms with Crippen LogP contribution in [0.1, 0.15) is 11.6 Å². The lowest BCUT2D eigenvalue weighted by atomic mass is 10.2. The lowest BCUT2D eigenvalue weighted by Gasteiger charge is -2.14. The Morgan fingerprint density at radius 2 is 1.85 bits per heavy atom. The SMILES string of the molecule is COCc1nnc(CCl)n1-c1ccc(OC)cc1OC. The van der Waals surface area contributed by atoms with Gasteiger partial charge in [-0.2, -0.15) is 0 Å². The van der Waals surface area contributed by atoms with Gasteiger partial charge in [0.2, 0.25) is 0 Å². The molecule has 0 bridgehead atoms. The Morgan fingerprint density at radius 3 is 2.45 bits per heavy atom. The second kappa shape index (κ2) is 6.58. The smallest absolute Gasteiger partial charge is 0.163 e. The predicted octanol–water partition coefficient (Wildman–Crippen LogP) is 2.17. The van der Waals surface area contributed by atoms with Crippen molar-refractivity contribution in [1.29, 1.82) is 0 Å². The van der Waals surface area contributed by atoms with Gasteiger partial charge < -0.3 is 14.2 Å². The van der Waals surface area contributed by atoms with Gasteiger partial charge in [-0.1, -0.05) is 0 Å². The zero-order valence-electron chi connectivity index (χ0n) is 11.6. The van der Waals surface area contributed by atoms with Crippen LogP contribution in [-0.2, 0) is 17.2 Å². The van der Waals surface area contributed by atoms with Gasteiger partial charge in [-0.3, -0.25) is 4.57 Å². The number of alkyl halides is 1. The monoisotopic (exact) mass is 297 g/mol. The molecule has 0 aliphatic rings. The summed E-state index contributed by atoms with van der Waals surface area (Å²) in [5.74, 6) is 2.88. The average Bonchev–Trinajstić information content (AvgIpc) is 2.89. The third-order valence-electron chi connectivity index (χ3n) is 2.82. The third kappa shape index (κ3) is 2.71. The molecule has 0 unspecified atom stereocenters. The van der Waals surface area contributed by atoms with Crippen molar-refractivity contribution in [2.75, 3.05) is 21.3 Å². The maximum absolute atomic E-state index is 5.92. The molecular weight excluding hydrogens is 282 g/mol. The summed E-state index contributed by atoms with van der Waals surface area (Å²) in [6.07, 6.45) is 0. The van der Waals surface area contributed by atoms with Crippen molar-refractivity contribution < 1.29 is 14.2 Å². The first-order chi connectivity index (χ1) is 9.74. The van der Waals surface area contributed by atoms with Crippen molar-refractivity contribution in [2.24, 2.45) is 0 Å². The molecule has 0 saturated heterocycles. The van der Waals surface area contributed by atoms with Crippen LogP contribution in [0, 0.1) is 0 Å². The summed E-state index contributed by atoms with van der Waals surface area (Å²) in [7, 11) is 4.80. The summed E-state index contributed by atoms with van der Waals surface area (Å²) in [4.78, 5) is 0. The van der Waals surface area contributed by atoms with Gasteiger partial charge in [0.05, 0.1) is 25.8 Å². The zero-order chi connectivity index (χ0) is 14.5. The number of hydrogen-bond acceptors (Lipinski definition) is 5. The zero-order valence-corrected chi connectivity index (χ0v) is 12.3. The molecule has 0 spiro atoms. The molecule has 7 heteroatoms. The van der Waals surface area contributed by atoms with Crippen molar-refractivity contribution in [2.45, 2.75) is 12.5 Å². The Balaban J connectivity index is 2.57. The number of ether oxygens (including phenoxy) is 3. The van der Waals surface area contributed by atoms with E-state index in [0.29, 0.717) is 29.8 Å². The van der Waals surface area contributed by atoms with E-state index in [2.05, 4.69) is 10.2 Å². The number of methoxy groups -OCH3 is 3. The molecule has 108 valence electrons. The van der Waals surface area contributed by atoms with E-state index in [-0.39, 0.29) is 5.88 Å². The highest BCUT2D eigenvalue weighted by Crippen LogP contribution is 2.29. The quantitative estimate of drug-likeness (QED) is 0.765. The van der Waals surface area contributed by atoms with E-state index in [0.717, 1.165) is 5.69 Å². The summed E-state index contributed by atoms with van der Waals surface area (Å²) in [6.45, 7) is 0.332. The fourth-order valence-corrected chi connectivity index (χ4v) is 2.08. The van der Waals surface area contributed by atoms with Gasteiger partial charge in [0.1, 0.15) is 18.1 Å². The number of benzene rings is 1. The van der Waals surface area contributed by atoms with Crippen LogP contribution < -0.4 is 9.47 Å². The van der Waals surface area contributed by atoms with Gasteiger partial charge in [-0.05, 0) is 12.1 Å². The molecule has 0 aliphatic heterocycles. The van der Waals surface area contributed by atoms with Crippen LogP contribution in [0.3, 0.4) is 0 Å². The molecule has 1 heterocycles. The first-order valence-electron chi connectivity index (χ1n) is 5.95. The highest BCUT2D eigenvalue weighted by molar-refractivity contribution is 6.16. The standard InChI is InChI=1S/C13H16ClN3O3/c1-18-8-13-16-15-12(7-14)17(13)10-5-4-9(19-2)6-11(10)20-3/h4-6H,7-8H2,1-3H3. The number of rotatable bonds is 6. The van der Waals surface area contributed by atoms with Gasteiger partial charge in [0.15, 0.2) is 11.6 Å². The van der Waals surface area contributed by atoms with Gasteiger partial charge in [0, 0.05) is 13.2 Å². The predicted molar refractivity (Wildman–Crippen MR) is 74.7 cm³/mol. The molecular formula is C13H16ClN3O3. The lowest BCUT2D eigenvalue weighted by molar-refractivity contribution is 0.176. The van der Waals surface area contributed by atoms with Crippen LogP contribution in [0.5, 0.6) is 11.5 Å². The van der Waals surface area contributed by atoms with Crippen LogP contribution in [0.25, 0.3) is 5.69 Å². The summed E-state index contributed by atoms with van der Waals surface area (Å²) >= 11 is 5.92. The summed E-state index contributed by atoms with van der Waals surface area (Å²) in [6, 6.07) is 5.51. The maximum Gasteiger partial charge on any atom is 0.163 e. The minimum absolute atomic E-state index is 0.242. The van der Waals surface area contributed by atoms with Gasteiger partial charge in [0.25, 0.3) is 0 Å². The fourth-order valence-electron chi connectivity index (χ4n) is 1.91. The Bertz CT molecular complexity index is 586. The summed E-state index contributed by atoms with van der Waals surface area (Å²) in [5, 5.41) is 8.15. The maximum atomic E-state index is 5.92. The Labute approximate surface area is 122 Å². The number of halogens is 1. The Kier molecular flexibility index (Phi) is 4.81. The van der Waals surface area contributed by atoms with Crippen LogP contribution in [0.15, 0.2) is 18.2 Å². The fraction of sp³-hybridized carbons (Fsp3) is 0.385. The largest absolute Gasteiger partial charge is 0.497 e. The first-order valence-corrected chi connectivity index (χ1v) is 6.49. The molecule has 2 rings (SSSR count). The second-order valence-electron chi connectivity index (χ2n) is 3.97. The van der Waals surface area contributed by atoms with Crippen molar-refractivity contribution in [1.82, 2.24) is 14.8 Å². The molecule has 0 fully saturated rings. The second-order valence-corrected chi connectivity index (χ2v) is 4.24. The average molecular weight is 298 g/mol. The Morgan fingerprint density at radius 1 is 1.10 bits per heavy atom. The van der Waals surface area contributed by atoms with Crippen LogP contribution in [0.4, 0.5) is 0 Å². The van der Waals surface area contributed by atoms with Crippen LogP contribution >= 0.6 is 11.6 Å². The molecule has 0 aliphatic carbocycles. The van der Waals surface area contributed by atoms with E-state index in [1.165, 1.54) is 0 Å². The van der Waals surface area contributed by atoms with E-state index in [9.17, 15) is 0 Å². The third-order valence-corrected chi connectivity index (χ3v) is 3.06. The van der Waals surface area contributed by atoms with Gasteiger partial charge in [-0.25, -0.2) is 0 Å². The van der Waals surface area contributed by atoms with E-state index < -0.39 is 0 Å². The molecule has 20 heavy (non-hydrogen) atoms. The van der Waals surface area contributed by atoms with E-state index in [1.54, 1.807) is 27.4 Å². The molecule has 0 atom stereocenters. The Hall–Kier alpha value is -1.79. The van der Waals surface area contributed by atoms with E-state index in [4.69, 9.17) is 25.8 Å². The molecule has 1 aromatic heterocycles. The molecule has 0 N–H and O–H groups in total. The van der Waals surface area contributed by atoms with Crippen molar-refractivity contribution in [3.05, 3.63) is 29.8 Å². The highest BCUT2D eigenvalue weighted by Gasteiger charge is 2.17. The van der Waals surface area contributed by atoms with Crippen molar-refractivity contribution in [3.8, 4) is 17.2 Å². The number of nitrogens with zero attached hydrogens (tertiary/aromatic N) is 3. The summed E-state index contributed by atoms with van der Waals surface area (Å²) < 4.78 is 17.6. The van der Waals surface area contributed by atoms with Crippen LogP contribution in [-0.4, -0.2) is 36.1 Å². The minimum atomic E-state index is 0.242. The number of hydrogen-bond donors (Lipinski definition) is 0. The molecule has 0 radical (unpaired) electrons. The molecule has 2 aromatic rings. The highest BCUT2D eigenvalue weighted by atomic mass is 35.5. The van der Waals surface area contributed by atoms with Crippen molar-refractivity contribution in [3.63, 3.8) is 0 Å². The van der Waals surface area contributed by atoms with E-state index in [1.807, 2.05) is 16.7 Å². The van der Waals surface area contributed by atoms with Gasteiger partial charge >= 0.3 is 0 Å². The topological polar surface area (TPSA) is 58.4 Å². The molecule has 6 nitrogen and oxygen atoms in total. The number of aromatic nitrogens is 3. The first kappa shape index (κ1) is 14.6. The minimum Gasteiger partial charge on any atom is -0.497 e. The normalized spacial score (nSPS) is 10.6. The molecule has 1 aromatic carbocycles. The van der Waals surface area contributed by atoms with Gasteiger partial charge in [-0.15, -0.1) is 21.8 Å². The van der Waals surface area contributed by atoms with Crippen LogP contribution in [0.2, 0.25) is 0 Å². The molecule has 0 saturated carbocycles.